The van der Waals surface area contributed by atoms with Gasteiger partial charge < -0.3 is 10.2 Å². The van der Waals surface area contributed by atoms with Crippen molar-refractivity contribution in [2.75, 3.05) is 6.54 Å². The molecule has 4 nitrogen and oxygen atoms in total. The Labute approximate surface area is 146 Å². The summed E-state index contributed by atoms with van der Waals surface area (Å²) in [6, 6.07) is 15.8. The topological polar surface area (TPSA) is 49.4 Å². The van der Waals surface area contributed by atoms with Gasteiger partial charge in [-0.15, -0.1) is 0 Å². The van der Waals surface area contributed by atoms with E-state index in [1.54, 1.807) is 0 Å². The van der Waals surface area contributed by atoms with Crippen molar-refractivity contribution in [1.82, 2.24) is 10.2 Å². The molecule has 0 saturated heterocycles. The summed E-state index contributed by atoms with van der Waals surface area (Å²) in [6.07, 6.45) is 0.738. The zero-order chi connectivity index (χ0) is 17.1. The molecular formula is C19H19ClN2O2. The van der Waals surface area contributed by atoms with E-state index < -0.39 is 0 Å². The molecule has 0 aliphatic carbocycles. The first-order chi connectivity index (χ1) is 11.5. The number of amides is 2. The molecule has 0 saturated carbocycles. The minimum Gasteiger partial charge on any atom is -0.347 e. The van der Waals surface area contributed by atoms with Crippen molar-refractivity contribution >= 4 is 23.4 Å². The molecular weight excluding hydrogens is 324 g/mol. The predicted octanol–water partition coefficient (Wildman–Crippen LogP) is 3.10. The lowest BCUT2D eigenvalue weighted by Gasteiger charge is -2.37. The molecule has 3 rings (SSSR count). The average Bonchev–Trinajstić information content (AvgIpc) is 2.59. The van der Waals surface area contributed by atoms with Crippen LogP contribution in [0.5, 0.6) is 0 Å². The maximum atomic E-state index is 12.7. The molecule has 24 heavy (non-hydrogen) atoms. The van der Waals surface area contributed by atoms with Gasteiger partial charge in [0.25, 0.3) is 0 Å². The Bertz CT molecular complexity index is 761. The highest BCUT2D eigenvalue weighted by Gasteiger charge is 2.30. The van der Waals surface area contributed by atoms with E-state index in [0.29, 0.717) is 11.6 Å². The van der Waals surface area contributed by atoms with Crippen LogP contribution in [0.2, 0.25) is 5.02 Å². The molecule has 0 unspecified atom stereocenters. The third-order valence-electron chi connectivity index (χ3n) is 4.29. The molecule has 1 atom stereocenters. The minimum atomic E-state index is -0.208. The molecule has 0 fully saturated rings. The van der Waals surface area contributed by atoms with Crippen LogP contribution in [0, 0.1) is 0 Å². The van der Waals surface area contributed by atoms with E-state index >= 15 is 0 Å². The first-order valence-corrected chi connectivity index (χ1v) is 8.28. The molecule has 0 aromatic heterocycles. The zero-order valence-electron chi connectivity index (χ0n) is 13.5. The van der Waals surface area contributed by atoms with Gasteiger partial charge in [-0.05, 0) is 35.2 Å². The van der Waals surface area contributed by atoms with Gasteiger partial charge in [0.1, 0.15) is 0 Å². The summed E-state index contributed by atoms with van der Waals surface area (Å²) >= 11 is 6.10. The average molecular weight is 343 g/mol. The quantitative estimate of drug-likeness (QED) is 0.931. The molecule has 2 aromatic carbocycles. The van der Waals surface area contributed by atoms with E-state index in [2.05, 4.69) is 5.32 Å². The van der Waals surface area contributed by atoms with Crippen LogP contribution >= 0.6 is 11.6 Å². The molecule has 124 valence electrons. The second kappa shape index (κ2) is 7.05. The molecule has 1 aliphatic rings. The predicted molar refractivity (Wildman–Crippen MR) is 93.6 cm³/mol. The van der Waals surface area contributed by atoms with E-state index in [4.69, 9.17) is 11.6 Å². The number of carbonyl (C=O) groups is 2. The normalized spacial score (nSPS) is 16.4. The lowest BCUT2D eigenvalue weighted by atomic mass is 9.90. The molecule has 1 aliphatic heterocycles. The fourth-order valence-electron chi connectivity index (χ4n) is 3.09. The fourth-order valence-corrected chi connectivity index (χ4v) is 3.28. The minimum absolute atomic E-state index is 0.00850. The number of carbonyl (C=O) groups excluding carboxylic acids is 2. The van der Waals surface area contributed by atoms with Crippen LogP contribution in [0.25, 0.3) is 0 Å². The molecule has 0 spiro atoms. The number of benzene rings is 2. The van der Waals surface area contributed by atoms with Crippen molar-refractivity contribution < 1.29 is 9.59 Å². The number of hydrogen-bond donors (Lipinski definition) is 1. The van der Waals surface area contributed by atoms with Gasteiger partial charge in [-0.25, -0.2) is 0 Å². The standard InChI is InChI=1S/C19H19ClN2O2/c1-13(23)21-11-19(24)22-12-16-9-17(20)8-7-15(16)10-18(22)14-5-3-2-4-6-14/h2-9,18H,10-12H2,1H3,(H,21,23)/t18-/m0/s1. The Morgan fingerprint density at radius 3 is 2.62 bits per heavy atom. The smallest absolute Gasteiger partial charge is 0.242 e. The number of nitrogens with one attached hydrogen (secondary N) is 1. The van der Waals surface area contributed by atoms with E-state index in [0.717, 1.165) is 17.5 Å². The van der Waals surface area contributed by atoms with Gasteiger partial charge in [-0.3, -0.25) is 9.59 Å². The number of fused-ring (bicyclic) bond motifs is 1. The molecule has 5 heteroatoms. The van der Waals surface area contributed by atoms with E-state index in [1.807, 2.05) is 53.4 Å². The van der Waals surface area contributed by atoms with Crippen LogP contribution in [0.3, 0.4) is 0 Å². The van der Waals surface area contributed by atoms with Gasteiger partial charge in [0, 0.05) is 18.5 Å². The fraction of sp³-hybridized carbons (Fsp3) is 0.263. The van der Waals surface area contributed by atoms with Crippen molar-refractivity contribution in [2.24, 2.45) is 0 Å². The second-order valence-electron chi connectivity index (χ2n) is 5.98. The molecule has 1 N–H and O–H groups in total. The van der Waals surface area contributed by atoms with Crippen LogP contribution in [0.15, 0.2) is 48.5 Å². The summed E-state index contributed by atoms with van der Waals surface area (Å²) in [5.41, 5.74) is 3.36. The Morgan fingerprint density at radius 2 is 1.92 bits per heavy atom. The van der Waals surface area contributed by atoms with Gasteiger partial charge in [-0.1, -0.05) is 48.0 Å². The maximum absolute atomic E-state index is 12.7. The van der Waals surface area contributed by atoms with Crippen molar-refractivity contribution in [3.63, 3.8) is 0 Å². The largest absolute Gasteiger partial charge is 0.347 e. The molecule has 2 amide bonds. The van der Waals surface area contributed by atoms with Crippen LogP contribution in [0.1, 0.15) is 29.7 Å². The van der Waals surface area contributed by atoms with E-state index in [9.17, 15) is 9.59 Å². The number of nitrogens with zero attached hydrogens (tertiary/aromatic N) is 1. The highest BCUT2D eigenvalue weighted by Crippen LogP contribution is 2.34. The number of rotatable bonds is 3. The Morgan fingerprint density at radius 1 is 1.17 bits per heavy atom. The van der Waals surface area contributed by atoms with Gasteiger partial charge in [-0.2, -0.15) is 0 Å². The van der Waals surface area contributed by atoms with Crippen LogP contribution < -0.4 is 5.32 Å². The Kier molecular flexibility index (Phi) is 4.86. The first kappa shape index (κ1) is 16.5. The van der Waals surface area contributed by atoms with Gasteiger partial charge in [0.15, 0.2) is 0 Å². The summed E-state index contributed by atoms with van der Waals surface area (Å²) in [6.45, 7) is 1.91. The number of hydrogen-bond acceptors (Lipinski definition) is 2. The van der Waals surface area contributed by atoms with Crippen molar-refractivity contribution in [2.45, 2.75) is 25.9 Å². The van der Waals surface area contributed by atoms with Crippen LogP contribution in [0.4, 0.5) is 0 Å². The Hall–Kier alpha value is -2.33. The summed E-state index contributed by atoms with van der Waals surface area (Å²) in [4.78, 5) is 25.6. The first-order valence-electron chi connectivity index (χ1n) is 7.91. The van der Waals surface area contributed by atoms with Crippen molar-refractivity contribution in [3.8, 4) is 0 Å². The highest BCUT2D eigenvalue weighted by molar-refractivity contribution is 6.30. The highest BCUT2D eigenvalue weighted by atomic mass is 35.5. The second-order valence-corrected chi connectivity index (χ2v) is 6.41. The summed E-state index contributed by atoms with van der Waals surface area (Å²) in [5, 5.41) is 3.26. The molecule has 0 bridgehead atoms. The van der Waals surface area contributed by atoms with Crippen LogP contribution in [-0.4, -0.2) is 23.3 Å². The van der Waals surface area contributed by atoms with E-state index in [1.165, 1.54) is 12.5 Å². The Balaban J connectivity index is 1.92. The van der Waals surface area contributed by atoms with Crippen molar-refractivity contribution in [1.29, 1.82) is 0 Å². The van der Waals surface area contributed by atoms with Crippen molar-refractivity contribution in [3.05, 3.63) is 70.2 Å². The molecule has 0 radical (unpaired) electrons. The van der Waals surface area contributed by atoms with Gasteiger partial charge in [0.2, 0.25) is 11.8 Å². The lowest BCUT2D eigenvalue weighted by Crippen LogP contribution is -2.44. The SMILES string of the molecule is CC(=O)NCC(=O)N1Cc2cc(Cl)ccc2C[C@H]1c1ccccc1. The van der Waals surface area contributed by atoms with Gasteiger partial charge >= 0.3 is 0 Å². The number of halogens is 1. The monoisotopic (exact) mass is 342 g/mol. The summed E-state index contributed by atoms with van der Waals surface area (Å²) < 4.78 is 0. The summed E-state index contributed by atoms with van der Waals surface area (Å²) in [7, 11) is 0. The van der Waals surface area contributed by atoms with Crippen LogP contribution in [-0.2, 0) is 22.6 Å². The third-order valence-corrected chi connectivity index (χ3v) is 4.53. The zero-order valence-corrected chi connectivity index (χ0v) is 14.2. The van der Waals surface area contributed by atoms with Gasteiger partial charge in [0.05, 0.1) is 12.6 Å². The maximum Gasteiger partial charge on any atom is 0.242 e. The lowest BCUT2D eigenvalue weighted by molar-refractivity contribution is -0.135. The molecule has 1 heterocycles. The summed E-state index contributed by atoms with van der Waals surface area (Å²) in [5.74, 6) is -0.301. The molecule has 2 aromatic rings. The van der Waals surface area contributed by atoms with E-state index in [-0.39, 0.29) is 24.4 Å². The third kappa shape index (κ3) is 3.60.